The SMILES string of the molecule is CC(C)(C)CC(=O)Nc1cccc(SC(C(=O)Nc2nc(-c3ccccc3)cs2)c2ccccc2)c1. The van der Waals surface area contributed by atoms with E-state index in [1.165, 1.54) is 23.1 Å². The molecule has 0 aliphatic heterocycles. The first-order valence-electron chi connectivity index (χ1n) is 11.7. The molecule has 1 atom stereocenters. The van der Waals surface area contributed by atoms with Crippen molar-refractivity contribution in [2.45, 2.75) is 37.3 Å². The van der Waals surface area contributed by atoms with Crippen molar-refractivity contribution in [2.75, 3.05) is 10.6 Å². The van der Waals surface area contributed by atoms with Crippen molar-refractivity contribution in [2.24, 2.45) is 5.41 Å². The molecule has 0 saturated heterocycles. The standard InChI is InChI=1S/C29H29N3O2S2/c1-29(2,3)18-25(33)30-22-15-10-16-23(17-22)36-26(21-13-8-5-9-14-21)27(34)32-28-31-24(19-35-28)20-11-6-4-7-12-20/h4-17,19,26H,18H2,1-3H3,(H,30,33)(H,31,32,34). The van der Waals surface area contributed by atoms with Gasteiger partial charge in [-0.05, 0) is 29.2 Å². The smallest absolute Gasteiger partial charge is 0.244 e. The highest BCUT2D eigenvalue weighted by molar-refractivity contribution is 8.00. The molecule has 3 aromatic carbocycles. The van der Waals surface area contributed by atoms with Gasteiger partial charge in [-0.1, -0.05) is 87.5 Å². The van der Waals surface area contributed by atoms with Crippen LogP contribution in [0.2, 0.25) is 0 Å². The van der Waals surface area contributed by atoms with Crippen LogP contribution in [0.1, 0.15) is 38.0 Å². The summed E-state index contributed by atoms with van der Waals surface area (Å²) in [6, 6.07) is 27.2. The summed E-state index contributed by atoms with van der Waals surface area (Å²) < 4.78 is 0. The van der Waals surface area contributed by atoms with Gasteiger partial charge < -0.3 is 10.6 Å². The number of thioether (sulfide) groups is 1. The zero-order valence-electron chi connectivity index (χ0n) is 20.5. The fourth-order valence-corrected chi connectivity index (χ4v) is 5.42. The topological polar surface area (TPSA) is 71.1 Å². The normalized spacial score (nSPS) is 12.1. The fourth-order valence-electron chi connectivity index (χ4n) is 3.61. The molecule has 0 bridgehead atoms. The maximum absolute atomic E-state index is 13.4. The molecule has 0 radical (unpaired) electrons. The van der Waals surface area contributed by atoms with Crippen LogP contribution in [0.15, 0.2) is 95.2 Å². The second-order valence-corrected chi connectivity index (χ2v) is 11.7. The molecule has 7 heteroatoms. The van der Waals surface area contributed by atoms with Crippen LogP contribution in [0, 0.1) is 5.41 Å². The summed E-state index contributed by atoms with van der Waals surface area (Å²) >= 11 is 2.85. The van der Waals surface area contributed by atoms with Crippen LogP contribution in [0.4, 0.5) is 10.8 Å². The van der Waals surface area contributed by atoms with Crippen LogP contribution < -0.4 is 10.6 Å². The Morgan fingerprint density at radius 1 is 0.917 bits per heavy atom. The highest BCUT2D eigenvalue weighted by Crippen LogP contribution is 2.38. The van der Waals surface area contributed by atoms with Crippen molar-refractivity contribution >= 4 is 45.7 Å². The minimum Gasteiger partial charge on any atom is -0.326 e. The summed E-state index contributed by atoms with van der Waals surface area (Å²) in [5.74, 6) is -0.178. The minimum atomic E-state index is -0.490. The molecule has 0 fully saturated rings. The average Bonchev–Trinajstić information content (AvgIpc) is 3.31. The third-order valence-corrected chi connectivity index (χ3v) is 7.21. The number of thiazole rings is 1. The first-order chi connectivity index (χ1) is 17.3. The largest absolute Gasteiger partial charge is 0.326 e. The number of carbonyl (C=O) groups is 2. The van der Waals surface area contributed by atoms with E-state index >= 15 is 0 Å². The highest BCUT2D eigenvalue weighted by Gasteiger charge is 2.24. The van der Waals surface area contributed by atoms with Crippen LogP contribution in [-0.4, -0.2) is 16.8 Å². The third kappa shape index (κ3) is 7.29. The number of benzene rings is 3. The molecular formula is C29H29N3O2S2. The van der Waals surface area contributed by atoms with Crippen molar-refractivity contribution in [3.8, 4) is 11.3 Å². The lowest BCUT2D eigenvalue weighted by Gasteiger charge is -2.18. The second-order valence-electron chi connectivity index (χ2n) is 9.62. The summed E-state index contributed by atoms with van der Waals surface area (Å²) in [5.41, 5.74) is 3.35. The minimum absolute atomic E-state index is 0.0278. The molecule has 1 aromatic heterocycles. The molecule has 0 spiro atoms. The van der Waals surface area contributed by atoms with Crippen LogP contribution >= 0.6 is 23.1 Å². The highest BCUT2D eigenvalue weighted by atomic mass is 32.2. The number of amides is 2. The molecule has 1 unspecified atom stereocenters. The molecule has 4 aromatic rings. The van der Waals surface area contributed by atoms with Crippen molar-refractivity contribution in [1.82, 2.24) is 4.98 Å². The summed E-state index contributed by atoms with van der Waals surface area (Å²) in [6.45, 7) is 6.10. The fraction of sp³-hybridized carbons (Fsp3) is 0.207. The Balaban J connectivity index is 1.51. The number of rotatable bonds is 8. The number of anilines is 2. The van der Waals surface area contributed by atoms with Gasteiger partial charge in [0.25, 0.3) is 0 Å². The first kappa shape index (κ1) is 25.7. The molecule has 0 aliphatic rings. The van der Waals surface area contributed by atoms with Gasteiger partial charge >= 0.3 is 0 Å². The van der Waals surface area contributed by atoms with Gasteiger partial charge in [-0.15, -0.1) is 23.1 Å². The average molecular weight is 516 g/mol. The van der Waals surface area contributed by atoms with Crippen molar-refractivity contribution in [1.29, 1.82) is 0 Å². The van der Waals surface area contributed by atoms with Gasteiger partial charge in [0.2, 0.25) is 11.8 Å². The zero-order chi connectivity index (χ0) is 25.5. The molecule has 0 aliphatic carbocycles. The Morgan fingerprint density at radius 3 is 2.31 bits per heavy atom. The predicted octanol–water partition coefficient (Wildman–Crippen LogP) is 7.66. The Hall–Kier alpha value is -3.42. The van der Waals surface area contributed by atoms with E-state index in [2.05, 4.69) is 15.6 Å². The zero-order valence-corrected chi connectivity index (χ0v) is 22.2. The van der Waals surface area contributed by atoms with Gasteiger partial charge in [-0.25, -0.2) is 4.98 Å². The van der Waals surface area contributed by atoms with E-state index in [9.17, 15) is 9.59 Å². The second kappa shape index (κ2) is 11.5. The van der Waals surface area contributed by atoms with Crippen LogP contribution in [0.25, 0.3) is 11.3 Å². The van der Waals surface area contributed by atoms with E-state index in [1.807, 2.05) is 111 Å². The van der Waals surface area contributed by atoms with Gasteiger partial charge in [0.15, 0.2) is 5.13 Å². The molecule has 184 valence electrons. The molecule has 1 heterocycles. The van der Waals surface area contributed by atoms with Crippen LogP contribution in [0.3, 0.4) is 0 Å². The van der Waals surface area contributed by atoms with E-state index in [4.69, 9.17) is 0 Å². The van der Waals surface area contributed by atoms with Gasteiger partial charge in [-0.2, -0.15) is 0 Å². The van der Waals surface area contributed by atoms with Gasteiger partial charge in [0.1, 0.15) is 5.25 Å². The van der Waals surface area contributed by atoms with E-state index in [0.717, 1.165) is 21.7 Å². The van der Waals surface area contributed by atoms with Gasteiger partial charge in [0.05, 0.1) is 5.69 Å². The summed E-state index contributed by atoms with van der Waals surface area (Å²) in [4.78, 5) is 31.4. The summed E-state index contributed by atoms with van der Waals surface area (Å²) in [7, 11) is 0. The maximum atomic E-state index is 13.4. The van der Waals surface area contributed by atoms with E-state index in [-0.39, 0.29) is 17.2 Å². The van der Waals surface area contributed by atoms with Crippen molar-refractivity contribution in [3.05, 3.63) is 95.9 Å². The van der Waals surface area contributed by atoms with Crippen LogP contribution in [0.5, 0.6) is 0 Å². The molecule has 2 amide bonds. The Bertz CT molecular complexity index is 1320. The molecule has 4 rings (SSSR count). The number of carbonyl (C=O) groups excluding carboxylic acids is 2. The summed E-state index contributed by atoms with van der Waals surface area (Å²) in [5, 5.41) is 7.99. The predicted molar refractivity (Wildman–Crippen MR) is 150 cm³/mol. The van der Waals surface area contributed by atoms with Crippen molar-refractivity contribution < 1.29 is 9.59 Å². The first-order valence-corrected chi connectivity index (χ1v) is 13.5. The monoisotopic (exact) mass is 515 g/mol. The lowest BCUT2D eigenvalue weighted by Crippen LogP contribution is -2.20. The maximum Gasteiger partial charge on any atom is 0.244 e. The third-order valence-electron chi connectivity index (χ3n) is 5.21. The quantitative estimate of drug-likeness (QED) is 0.236. The molecule has 5 nitrogen and oxygen atoms in total. The molecule has 36 heavy (non-hydrogen) atoms. The van der Waals surface area contributed by atoms with Gasteiger partial charge in [-0.3, -0.25) is 9.59 Å². The van der Waals surface area contributed by atoms with Crippen LogP contribution in [-0.2, 0) is 9.59 Å². The summed E-state index contributed by atoms with van der Waals surface area (Å²) in [6.07, 6.45) is 0.429. The number of nitrogens with zero attached hydrogens (tertiary/aromatic N) is 1. The number of aromatic nitrogens is 1. The molecule has 2 N–H and O–H groups in total. The van der Waals surface area contributed by atoms with E-state index in [0.29, 0.717) is 17.2 Å². The number of nitrogens with one attached hydrogen (secondary N) is 2. The number of hydrogen-bond acceptors (Lipinski definition) is 5. The molecule has 0 saturated carbocycles. The lowest BCUT2D eigenvalue weighted by molar-refractivity contribution is -0.118. The Kier molecular flexibility index (Phi) is 8.23. The van der Waals surface area contributed by atoms with E-state index < -0.39 is 5.25 Å². The Labute approximate surface area is 220 Å². The van der Waals surface area contributed by atoms with Crippen molar-refractivity contribution in [3.63, 3.8) is 0 Å². The van der Waals surface area contributed by atoms with Gasteiger partial charge in [0, 0.05) is 27.9 Å². The number of hydrogen-bond donors (Lipinski definition) is 2. The Morgan fingerprint density at radius 2 is 1.61 bits per heavy atom. The van der Waals surface area contributed by atoms with E-state index in [1.54, 1.807) is 0 Å². The molecular weight excluding hydrogens is 486 g/mol. The lowest BCUT2D eigenvalue weighted by atomic mass is 9.92.